The largest absolute Gasteiger partial charge is 0.457 e. The number of hydrogen-bond donors (Lipinski definition) is 1. The summed E-state index contributed by atoms with van der Waals surface area (Å²) in [5, 5.41) is 3.13. The smallest absolute Gasteiger partial charge is 0.338 e. The molecule has 0 spiro atoms. The minimum atomic E-state index is -0.434. The maximum absolute atomic E-state index is 14.2. The van der Waals surface area contributed by atoms with E-state index < -0.39 is 5.97 Å². The summed E-state index contributed by atoms with van der Waals surface area (Å²) in [5.74, 6) is 0.143. The van der Waals surface area contributed by atoms with Gasteiger partial charge in [-0.25, -0.2) is 9.78 Å². The molecule has 1 fully saturated rings. The van der Waals surface area contributed by atoms with Crippen molar-refractivity contribution in [1.82, 2.24) is 15.2 Å². The molecule has 48 heavy (non-hydrogen) atoms. The molecule has 2 aliphatic rings. The predicted molar refractivity (Wildman–Crippen MR) is 194 cm³/mol. The Balaban J connectivity index is 1.15. The summed E-state index contributed by atoms with van der Waals surface area (Å²) in [4.78, 5) is 48.8. The molecular weight excluding hydrogens is 635 g/mol. The van der Waals surface area contributed by atoms with Gasteiger partial charge < -0.3 is 15.0 Å². The molecule has 1 aromatic heterocycles. The van der Waals surface area contributed by atoms with E-state index in [1.165, 1.54) is 22.5 Å². The molecule has 2 heterocycles. The zero-order valence-corrected chi connectivity index (χ0v) is 31.1. The van der Waals surface area contributed by atoms with Gasteiger partial charge in [0.2, 0.25) is 11.8 Å². The van der Waals surface area contributed by atoms with Crippen LogP contribution in [0.15, 0.2) is 78.3 Å². The lowest BCUT2D eigenvalue weighted by atomic mass is 9.80. The summed E-state index contributed by atoms with van der Waals surface area (Å²) in [6.07, 6.45) is 3.62. The molecular formula is C39H45N3O4SSi. The van der Waals surface area contributed by atoms with Crippen molar-refractivity contribution in [2.24, 2.45) is 17.8 Å². The van der Waals surface area contributed by atoms with Gasteiger partial charge in [0.05, 0.1) is 21.6 Å². The summed E-state index contributed by atoms with van der Waals surface area (Å²) >= 11 is 1.53. The van der Waals surface area contributed by atoms with Gasteiger partial charge in [0.25, 0.3) is 0 Å². The van der Waals surface area contributed by atoms with E-state index in [1.807, 2.05) is 60.4 Å². The average molecular weight is 680 g/mol. The van der Waals surface area contributed by atoms with E-state index in [0.29, 0.717) is 27.9 Å². The molecule has 1 aliphatic heterocycles. The van der Waals surface area contributed by atoms with Crippen molar-refractivity contribution < 1.29 is 19.1 Å². The number of benzene rings is 3. The molecule has 2 amide bonds. The zero-order chi connectivity index (χ0) is 33.8. The van der Waals surface area contributed by atoms with Gasteiger partial charge in [-0.05, 0) is 78.3 Å². The quantitative estimate of drug-likeness (QED) is 0.157. The number of aryl methyl sites for hydroxylation is 1. The number of esters is 1. The van der Waals surface area contributed by atoms with E-state index in [2.05, 4.69) is 48.4 Å². The van der Waals surface area contributed by atoms with Gasteiger partial charge in [-0.2, -0.15) is 0 Å². The summed E-state index contributed by atoms with van der Waals surface area (Å²) < 4.78 is 5.74. The molecule has 3 atom stereocenters. The highest BCUT2D eigenvalue weighted by Crippen LogP contribution is 2.38. The number of carbonyl (C=O) groups excluding carboxylic acids is 3. The van der Waals surface area contributed by atoms with Crippen molar-refractivity contribution in [3.05, 3.63) is 112 Å². The molecule has 1 N–H and O–H groups in total. The topological polar surface area (TPSA) is 88.6 Å². The first-order chi connectivity index (χ1) is 23.2. The Bertz CT molecular complexity index is 1750. The van der Waals surface area contributed by atoms with Crippen LogP contribution in [0, 0.1) is 24.7 Å². The van der Waals surface area contributed by atoms with Gasteiger partial charge >= 0.3 is 5.97 Å². The Kier molecular flexibility index (Phi) is 10.6. The van der Waals surface area contributed by atoms with Crippen LogP contribution in [0.3, 0.4) is 0 Å². The first kappa shape index (κ1) is 33.8. The Labute approximate surface area is 290 Å². The van der Waals surface area contributed by atoms with Crippen molar-refractivity contribution in [3.8, 4) is 10.4 Å². The zero-order valence-electron chi connectivity index (χ0n) is 28.3. The Hall–Kier alpha value is -4.08. The second-order valence-electron chi connectivity index (χ2n) is 13.7. The highest BCUT2D eigenvalue weighted by Gasteiger charge is 2.42. The van der Waals surface area contributed by atoms with Gasteiger partial charge in [0.15, 0.2) is 0 Å². The third-order valence-corrected chi connectivity index (χ3v) is 12.4. The molecule has 6 rings (SSSR count). The van der Waals surface area contributed by atoms with Crippen molar-refractivity contribution in [3.63, 3.8) is 0 Å². The van der Waals surface area contributed by atoms with E-state index >= 15 is 0 Å². The second-order valence-corrected chi connectivity index (χ2v) is 15.8. The number of likely N-dealkylation sites (tertiary alicyclic amines) is 1. The van der Waals surface area contributed by atoms with E-state index in [1.54, 1.807) is 5.51 Å². The molecule has 4 aromatic rings. The molecule has 250 valence electrons. The summed E-state index contributed by atoms with van der Waals surface area (Å²) in [7, 11) is 0.616. The standard InChI is InChI=1S/C39H45N3O4SSi/c1-24(2)34(31-18-27-12-7-8-13-28(27)19-31)38(44)42-17-9-14-33(42)36(48)37(43)40-21-30-16-15-29(35-25(3)41-23-47-35)20-32(30)39(45)46-22-26-10-5-4-6-11-26/h4-8,10-13,15-16,20,23-24,31,33-34,36H,9,14,17-19,21-22H2,1-3,48H3,(H,40,43)/t33-,34-,36?/m0/s1. The van der Waals surface area contributed by atoms with Crippen molar-refractivity contribution in [2.45, 2.75) is 71.2 Å². The maximum atomic E-state index is 14.2. The monoisotopic (exact) mass is 679 g/mol. The molecule has 1 saturated heterocycles. The number of ether oxygens (including phenoxy) is 1. The Morgan fingerprint density at radius 1 is 1.02 bits per heavy atom. The SMILES string of the molecule is Cc1ncsc1-c1ccc(CNC(=O)C([SiH3])[C@@H]2CCCN2C(=O)[C@@H](C(C)C)C2Cc3ccccc3C2)c(C(=O)OCc2ccccc2)c1. The van der Waals surface area contributed by atoms with E-state index in [9.17, 15) is 14.4 Å². The van der Waals surface area contributed by atoms with Gasteiger partial charge in [-0.3, -0.25) is 9.59 Å². The molecule has 3 aromatic carbocycles. The molecule has 1 aliphatic carbocycles. The molecule has 0 bridgehead atoms. The second kappa shape index (κ2) is 15.0. The van der Waals surface area contributed by atoms with Crippen molar-refractivity contribution in [2.75, 3.05) is 6.54 Å². The number of nitrogens with one attached hydrogen (secondary N) is 1. The van der Waals surface area contributed by atoms with E-state index in [0.717, 1.165) is 47.4 Å². The number of fused-ring (bicyclic) bond motifs is 1. The van der Waals surface area contributed by atoms with Gasteiger partial charge in [0, 0.05) is 40.8 Å². The van der Waals surface area contributed by atoms with Crippen LogP contribution in [0.25, 0.3) is 10.4 Å². The van der Waals surface area contributed by atoms with Crippen LogP contribution < -0.4 is 5.32 Å². The summed E-state index contributed by atoms with van der Waals surface area (Å²) in [5.41, 5.74) is 8.08. The number of thiazole rings is 1. The van der Waals surface area contributed by atoms with Crippen LogP contribution in [0.5, 0.6) is 0 Å². The van der Waals surface area contributed by atoms with Gasteiger partial charge in [0.1, 0.15) is 6.61 Å². The molecule has 9 heteroatoms. The predicted octanol–water partition coefficient (Wildman–Crippen LogP) is 5.92. The van der Waals surface area contributed by atoms with Crippen molar-refractivity contribution >= 4 is 39.4 Å². The minimum absolute atomic E-state index is 0.0632. The maximum Gasteiger partial charge on any atom is 0.338 e. The van der Waals surface area contributed by atoms with Gasteiger partial charge in [-0.1, -0.05) is 80.6 Å². The van der Waals surface area contributed by atoms with E-state index in [-0.39, 0.29) is 54.3 Å². The average Bonchev–Trinajstić information content (AvgIpc) is 3.86. The van der Waals surface area contributed by atoms with Gasteiger partial charge in [-0.15, -0.1) is 11.3 Å². The normalized spacial score (nSPS) is 17.3. The molecule has 0 radical (unpaired) electrons. The fourth-order valence-corrected chi connectivity index (χ4v) is 9.32. The number of aromatic nitrogens is 1. The highest BCUT2D eigenvalue weighted by atomic mass is 32.1. The van der Waals surface area contributed by atoms with Crippen LogP contribution in [-0.4, -0.2) is 50.5 Å². The number of rotatable bonds is 11. The summed E-state index contributed by atoms with van der Waals surface area (Å²) in [6.45, 7) is 7.33. The lowest BCUT2D eigenvalue weighted by Crippen LogP contribution is -2.48. The molecule has 0 saturated carbocycles. The van der Waals surface area contributed by atoms with Crippen LogP contribution in [0.4, 0.5) is 0 Å². The molecule has 1 unspecified atom stereocenters. The first-order valence-corrected chi connectivity index (χ1v) is 19.1. The molecule has 7 nitrogen and oxygen atoms in total. The number of carbonyl (C=O) groups is 3. The lowest BCUT2D eigenvalue weighted by Gasteiger charge is -2.35. The number of nitrogens with zero attached hydrogens (tertiary/aromatic N) is 2. The Morgan fingerprint density at radius 3 is 2.40 bits per heavy atom. The lowest BCUT2D eigenvalue weighted by molar-refractivity contribution is -0.140. The van der Waals surface area contributed by atoms with Crippen LogP contribution >= 0.6 is 11.3 Å². The van der Waals surface area contributed by atoms with Crippen molar-refractivity contribution in [1.29, 1.82) is 0 Å². The first-order valence-electron chi connectivity index (χ1n) is 17.1. The highest BCUT2D eigenvalue weighted by molar-refractivity contribution is 7.13. The van der Waals surface area contributed by atoms with Crippen LogP contribution in [-0.2, 0) is 40.3 Å². The van der Waals surface area contributed by atoms with Crippen LogP contribution in [0.1, 0.15) is 65.0 Å². The van der Waals surface area contributed by atoms with E-state index in [4.69, 9.17) is 4.74 Å². The minimum Gasteiger partial charge on any atom is -0.457 e. The number of hydrogen-bond acceptors (Lipinski definition) is 6. The fourth-order valence-electron chi connectivity index (χ4n) is 7.62. The summed E-state index contributed by atoms with van der Waals surface area (Å²) in [6, 6.07) is 23.8. The van der Waals surface area contributed by atoms with Crippen LogP contribution in [0.2, 0.25) is 5.54 Å². The fraction of sp³-hybridized carbons (Fsp3) is 0.385. The Morgan fingerprint density at radius 2 is 1.73 bits per heavy atom. The third kappa shape index (κ3) is 7.32. The number of amides is 2. The third-order valence-electron chi connectivity index (χ3n) is 10.2.